The van der Waals surface area contributed by atoms with E-state index in [1.54, 1.807) is 31.4 Å². The van der Waals surface area contributed by atoms with Crippen LogP contribution in [-0.4, -0.2) is 25.1 Å². The summed E-state index contributed by atoms with van der Waals surface area (Å²) in [7, 11) is 1.57. The molecular formula is C25H23Br2N3O4. The predicted molar refractivity (Wildman–Crippen MR) is 139 cm³/mol. The summed E-state index contributed by atoms with van der Waals surface area (Å²) < 4.78 is 12.7. The molecule has 0 heterocycles. The first-order valence-corrected chi connectivity index (χ1v) is 11.9. The Hall–Kier alpha value is -3.17. The molecule has 0 fully saturated rings. The van der Waals surface area contributed by atoms with E-state index in [1.807, 2.05) is 42.5 Å². The summed E-state index contributed by atoms with van der Waals surface area (Å²) >= 11 is 6.91. The molecular weight excluding hydrogens is 566 g/mol. The highest BCUT2D eigenvalue weighted by molar-refractivity contribution is 9.10. The van der Waals surface area contributed by atoms with E-state index in [4.69, 9.17) is 9.47 Å². The maximum Gasteiger partial charge on any atom is 0.240 e. The predicted octanol–water partition coefficient (Wildman–Crippen LogP) is 5.67. The molecule has 0 unspecified atom stereocenters. The maximum atomic E-state index is 12.0. The third-order valence-corrected chi connectivity index (χ3v) is 5.77. The van der Waals surface area contributed by atoms with Crippen LogP contribution in [-0.2, 0) is 16.2 Å². The van der Waals surface area contributed by atoms with Crippen molar-refractivity contribution >= 4 is 55.6 Å². The van der Waals surface area contributed by atoms with Gasteiger partial charge in [-0.3, -0.25) is 9.59 Å². The molecule has 2 N–H and O–H groups in total. The average molecular weight is 589 g/mol. The molecule has 3 aromatic rings. The number of ether oxygens (including phenoxy) is 2. The van der Waals surface area contributed by atoms with Gasteiger partial charge in [-0.1, -0.05) is 28.1 Å². The largest absolute Gasteiger partial charge is 0.497 e. The number of carbonyl (C=O) groups is 2. The van der Waals surface area contributed by atoms with Gasteiger partial charge in [-0.2, -0.15) is 5.10 Å². The van der Waals surface area contributed by atoms with Crippen LogP contribution in [0.4, 0.5) is 5.69 Å². The number of methoxy groups -OCH3 is 1. The smallest absolute Gasteiger partial charge is 0.240 e. The van der Waals surface area contributed by atoms with E-state index in [0.717, 1.165) is 20.1 Å². The standard InChI is InChI=1S/C25H23Br2N3O4/c1-33-21-9-7-20(8-10-21)29-24(31)12-13-25(32)30-28-15-18-4-11-23(22(27)14-18)34-16-17-2-5-19(26)6-3-17/h2-11,14-15H,12-13,16H2,1H3,(H,29,31)(H,30,32). The fourth-order valence-corrected chi connectivity index (χ4v) is 3.59. The van der Waals surface area contributed by atoms with Gasteiger partial charge in [0.15, 0.2) is 0 Å². The lowest BCUT2D eigenvalue weighted by Gasteiger charge is -2.09. The van der Waals surface area contributed by atoms with Gasteiger partial charge in [0, 0.05) is 23.0 Å². The van der Waals surface area contributed by atoms with Crippen LogP contribution in [0.1, 0.15) is 24.0 Å². The van der Waals surface area contributed by atoms with E-state index < -0.39 is 0 Å². The zero-order valence-corrected chi connectivity index (χ0v) is 21.6. The Labute approximate surface area is 214 Å². The molecule has 0 radical (unpaired) electrons. The Morgan fingerprint density at radius 1 is 0.941 bits per heavy atom. The number of nitrogens with zero attached hydrogens (tertiary/aromatic N) is 1. The van der Waals surface area contributed by atoms with Crippen molar-refractivity contribution in [3.8, 4) is 11.5 Å². The first-order valence-electron chi connectivity index (χ1n) is 10.4. The number of nitrogens with one attached hydrogen (secondary N) is 2. The van der Waals surface area contributed by atoms with E-state index >= 15 is 0 Å². The Bertz CT molecular complexity index is 1150. The molecule has 0 bridgehead atoms. The lowest BCUT2D eigenvalue weighted by molar-refractivity contribution is -0.124. The van der Waals surface area contributed by atoms with Crippen molar-refractivity contribution in [2.75, 3.05) is 12.4 Å². The van der Waals surface area contributed by atoms with Crippen LogP contribution >= 0.6 is 31.9 Å². The van der Waals surface area contributed by atoms with Gasteiger partial charge in [0.2, 0.25) is 11.8 Å². The van der Waals surface area contributed by atoms with Crippen LogP contribution in [0.3, 0.4) is 0 Å². The number of hydrogen-bond acceptors (Lipinski definition) is 5. The third kappa shape index (κ3) is 8.31. The monoisotopic (exact) mass is 587 g/mol. The van der Waals surface area contributed by atoms with Gasteiger partial charge in [0.25, 0.3) is 0 Å². The molecule has 0 saturated heterocycles. The highest BCUT2D eigenvalue weighted by Gasteiger charge is 2.07. The average Bonchev–Trinajstić information content (AvgIpc) is 2.84. The van der Waals surface area contributed by atoms with Crippen LogP contribution in [0.5, 0.6) is 11.5 Å². The zero-order valence-electron chi connectivity index (χ0n) is 18.4. The summed E-state index contributed by atoms with van der Waals surface area (Å²) in [6.07, 6.45) is 1.59. The minimum Gasteiger partial charge on any atom is -0.497 e. The highest BCUT2D eigenvalue weighted by Crippen LogP contribution is 2.26. The van der Waals surface area contributed by atoms with Crippen molar-refractivity contribution in [2.24, 2.45) is 5.10 Å². The molecule has 2 amide bonds. The number of anilines is 1. The SMILES string of the molecule is COc1ccc(NC(=O)CCC(=O)NN=Cc2ccc(OCc3ccc(Br)cc3)c(Br)c2)cc1. The molecule has 34 heavy (non-hydrogen) atoms. The molecule has 176 valence electrons. The summed E-state index contributed by atoms with van der Waals surface area (Å²) in [5.41, 5.74) is 4.91. The Balaban J connectivity index is 1.41. The molecule has 0 aliphatic rings. The molecule has 0 spiro atoms. The number of amides is 2. The van der Waals surface area contributed by atoms with Crippen LogP contribution < -0.4 is 20.2 Å². The first-order chi connectivity index (χ1) is 16.4. The van der Waals surface area contributed by atoms with Crippen LogP contribution in [0.25, 0.3) is 0 Å². The van der Waals surface area contributed by atoms with Gasteiger partial charge in [0.1, 0.15) is 18.1 Å². The molecule has 9 heteroatoms. The molecule has 7 nitrogen and oxygen atoms in total. The lowest BCUT2D eigenvalue weighted by atomic mass is 10.2. The van der Waals surface area contributed by atoms with E-state index in [9.17, 15) is 9.59 Å². The molecule has 0 atom stereocenters. The van der Waals surface area contributed by atoms with E-state index in [2.05, 4.69) is 47.7 Å². The van der Waals surface area contributed by atoms with Gasteiger partial charge in [-0.15, -0.1) is 0 Å². The Kier molecular flexibility index (Phi) is 9.66. The van der Waals surface area contributed by atoms with Crippen LogP contribution in [0.15, 0.2) is 80.8 Å². The molecule has 3 aromatic carbocycles. The minimum atomic E-state index is -0.352. The van der Waals surface area contributed by atoms with E-state index in [0.29, 0.717) is 23.8 Å². The quantitative estimate of drug-likeness (QED) is 0.236. The highest BCUT2D eigenvalue weighted by atomic mass is 79.9. The Morgan fingerprint density at radius 3 is 2.32 bits per heavy atom. The molecule has 0 saturated carbocycles. The summed E-state index contributed by atoms with van der Waals surface area (Å²) in [5, 5.41) is 6.69. The van der Waals surface area contributed by atoms with E-state index in [1.165, 1.54) is 6.21 Å². The molecule has 0 aliphatic carbocycles. The second-order valence-corrected chi connectivity index (χ2v) is 8.94. The zero-order chi connectivity index (χ0) is 24.3. The van der Waals surface area contributed by atoms with Crippen molar-refractivity contribution in [1.82, 2.24) is 5.43 Å². The lowest BCUT2D eigenvalue weighted by Crippen LogP contribution is -2.20. The van der Waals surface area contributed by atoms with Crippen molar-refractivity contribution in [1.29, 1.82) is 0 Å². The van der Waals surface area contributed by atoms with E-state index in [-0.39, 0.29) is 24.7 Å². The Morgan fingerprint density at radius 2 is 1.65 bits per heavy atom. The molecule has 3 rings (SSSR count). The van der Waals surface area contributed by atoms with Crippen LogP contribution in [0, 0.1) is 0 Å². The summed E-state index contributed by atoms with van der Waals surface area (Å²) in [6, 6.07) is 20.4. The maximum absolute atomic E-state index is 12.0. The second kappa shape index (κ2) is 12.9. The third-order valence-electron chi connectivity index (χ3n) is 4.62. The van der Waals surface area contributed by atoms with Crippen molar-refractivity contribution in [3.63, 3.8) is 0 Å². The van der Waals surface area contributed by atoms with Gasteiger partial charge < -0.3 is 14.8 Å². The fourth-order valence-electron chi connectivity index (χ4n) is 2.82. The van der Waals surface area contributed by atoms with Gasteiger partial charge in [0.05, 0.1) is 17.8 Å². The number of carbonyl (C=O) groups excluding carboxylic acids is 2. The molecule has 0 aliphatic heterocycles. The van der Waals surface area contributed by atoms with Gasteiger partial charge in [-0.25, -0.2) is 5.43 Å². The van der Waals surface area contributed by atoms with Gasteiger partial charge >= 0.3 is 0 Å². The number of benzene rings is 3. The normalized spacial score (nSPS) is 10.7. The van der Waals surface area contributed by atoms with Gasteiger partial charge in [-0.05, 0) is 81.7 Å². The van der Waals surface area contributed by atoms with Crippen LogP contribution in [0.2, 0.25) is 0 Å². The van der Waals surface area contributed by atoms with Crippen molar-refractivity contribution in [2.45, 2.75) is 19.4 Å². The minimum absolute atomic E-state index is 0.0197. The molecule has 0 aromatic heterocycles. The number of hydrazone groups is 1. The topological polar surface area (TPSA) is 89.0 Å². The van der Waals surface area contributed by atoms with Crippen molar-refractivity contribution < 1.29 is 19.1 Å². The summed E-state index contributed by atoms with van der Waals surface area (Å²) in [5.74, 6) is 0.790. The summed E-state index contributed by atoms with van der Waals surface area (Å²) in [6.45, 7) is 0.446. The van der Waals surface area contributed by atoms with Crippen molar-refractivity contribution in [3.05, 3.63) is 86.8 Å². The number of hydrogen-bond donors (Lipinski definition) is 2. The second-order valence-electron chi connectivity index (χ2n) is 7.17. The fraction of sp³-hybridized carbons (Fsp3) is 0.160. The first kappa shape index (κ1) is 25.5. The number of halogens is 2. The summed E-state index contributed by atoms with van der Waals surface area (Å²) in [4.78, 5) is 24.0. The number of rotatable bonds is 10.